The monoisotopic (exact) mass is 185 g/mol. The number of nitrogens with zero attached hydrogens (tertiary/aromatic N) is 1. The lowest BCUT2D eigenvalue weighted by molar-refractivity contribution is -0.700. The maximum Gasteiger partial charge on any atom is 0.181 e. The number of pyridine rings is 1. The average molecular weight is 186 g/mol. The van der Waals surface area contributed by atoms with E-state index in [9.17, 15) is 0 Å². The minimum atomic E-state index is 0. The van der Waals surface area contributed by atoms with E-state index >= 15 is 0 Å². The molecule has 0 aliphatic carbocycles. The molecule has 0 aromatic carbocycles. The Morgan fingerprint density at radius 2 is 2.00 bits per heavy atom. The summed E-state index contributed by atoms with van der Waals surface area (Å²) in [7, 11) is 0. The van der Waals surface area contributed by atoms with E-state index in [1.54, 1.807) is 0 Å². The van der Waals surface area contributed by atoms with Crippen LogP contribution >= 0.6 is 0 Å². The van der Waals surface area contributed by atoms with Crippen LogP contribution in [0.3, 0.4) is 0 Å². The lowest BCUT2D eigenvalue weighted by Crippen LogP contribution is -3.00. The zero-order valence-electron chi connectivity index (χ0n) is 7.76. The van der Waals surface area contributed by atoms with Gasteiger partial charge in [-0.2, -0.15) is 0 Å². The van der Waals surface area contributed by atoms with Crippen molar-refractivity contribution in [2.24, 2.45) is 0 Å². The lowest BCUT2D eigenvalue weighted by Gasteiger charge is -1.98. The van der Waals surface area contributed by atoms with Crippen LogP contribution in [0.15, 0.2) is 24.4 Å². The molecule has 1 heterocycles. The summed E-state index contributed by atoms with van der Waals surface area (Å²) in [6, 6.07) is 6.40. The second-order valence-corrected chi connectivity index (χ2v) is 2.73. The Morgan fingerprint density at radius 1 is 1.25 bits per heavy atom. The van der Waals surface area contributed by atoms with E-state index in [4.69, 9.17) is 0 Å². The molecule has 68 valence electrons. The fourth-order valence-electron chi connectivity index (χ4n) is 1.30. The number of aromatic nitrogens is 1. The van der Waals surface area contributed by atoms with Crippen LogP contribution < -0.4 is 17.0 Å². The van der Waals surface area contributed by atoms with Crippen molar-refractivity contribution in [1.29, 1.82) is 0 Å². The molecule has 0 amide bonds. The first-order chi connectivity index (χ1) is 5.38. The van der Waals surface area contributed by atoms with Gasteiger partial charge in [0.25, 0.3) is 0 Å². The normalized spacial score (nSPS) is 9.17. The Labute approximate surface area is 80.8 Å². The third-order valence-corrected chi connectivity index (χ3v) is 1.88. The third-order valence-electron chi connectivity index (χ3n) is 1.88. The molecular formula is C10H16ClN. The van der Waals surface area contributed by atoms with Crippen molar-refractivity contribution in [3.63, 3.8) is 0 Å². The lowest BCUT2D eigenvalue weighted by atomic mass is 10.2. The summed E-state index contributed by atoms with van der Waals surface area (Å²) >= 11 is 0. The topological polar surface area (TPSA) is 3.88 Å². The van der Waals surface area contributed by atoms with Gasteiger partial charge >= 0.3 is 0 Å². The van der Waals surface area contributed by atoms with Gasteiger partial charge in [-0.25, -0.2) is 4.57 Å². The summed E-state index contributed by atoms with van der Waals surface area (Å²) < 4.78 is 2.30. The first-order valence-corrected chi connectivity index (χ1v) is 4.35. The Morgan fingerprint density at radius 3 is 2.58 bits per heavy atom. The van der Waals surface area contributed by atoms with Crippen LogP contribution in [0.4, 0.5) is 0 Å². The number of hydrogen-bond acceptors (Lipinski definition) is 0. The molecule has 0 bridgehead atoms. The van der Waals surface area contributed by atoms with E-state index in [0.717, 1.165) is 6.54 Å². The summed E-state index contributed by atoms with van der Waals surface area (Å²) in [6.45, 7) is 5.47. The molecule has 1 rings (SSSR count). The molecule has 12 heavy (non-hydrogen) atoms. The third kappa shape index (κ3) is 2.82. The van der Waals surface area contributed by atoms with Crippen LogP contribution in [-0.2, 0) is 13.0 Å². The highest BCUT2D eigenvalue weighted by Gasteiger charge is 2.03. The molecular weight excluding hydrogens is 170 g/mol. The zero-order valence-corrected chi connectivity index (χ0v) is 8.51. The standard InChI is InChI=1S/C10H16N.ClH/c1-3-7-10-8-5-6-9-11(10)4-2;/h5-6,8-9H,3-4,7H2,1-2H3;1H/q+1;/p-1. The van der Waals surface area contributed by atoms with Gasteiger partial charge < -0.3 is 12.4 Å². The van der Waals surface area contributed by atoms with E-state index in [-0.39, 0.29) is 12.4 Å². The van der Waals surface area contributed by atoms with Gasteiger partial charge in [-0.15, -0.1) is 0 Å². The van der Waals surface area contributed by atoms with Gasteiger partial charge in [0.1, 0.15) is 6.54 Å². The Balaban J connectivity index is 0.00000121. The Kier molecular flexibility index (Phi) is 5.73. The van der Waals surface area contributed by atoms with Crippen molar-refractivity contribution >= 4 is 0 Å². The molecule has 0 fully saturated rings. The predicted molar refractivity (Wildman–Crippen MR) is 46.3 cm³/mol. The molecule has 0 spiro atoms. The minimum absolute atomic E-state index is 0. The van der Waals surface area contributed by atoms with Crippen LogP contribution in [-0.4, -0.2) is 0 Å². The van der Waals surface area contributed by atoms with Gasteiger partial charge in [0, 0.05) is 18.6 Å². The number of hydrogen-bond donors (Lipinski definition) is 0. The van der Waals surface area contributed by atoms with Gasteiger partial charge in [-0.05, 0) is 13.3 Å². The van der Waals surface area contributed by atoms with Crippen molar-refractivity contribution < 1.29 is 17.0 Å². The fraction of sp³-hybridized carbons (Fsp3) is 0.500. The molecule has 0 N–H and O–H groups in total. The molecule has 0 unspecified atom stereocenters. The van der Waals surface area contributed by atoms with E-state index in [2.05, 4.69) is 42.8 Å². The molecule has 2 heteroatoms. The summed E-state index contributed by atoms with van der Waals surface area (Å²) in [6.07, 6.45) is 4.56. The minimum Gasteiger partial charge on any atom is -1.00 e. The van der Waals surface area contributed by atoms with Crippen molar-refractivity contribution in [2.75, 3.05) is 0 Å². The smallest absolute Gasteiger partial charge is 0.181 e. The van der Waals surface area contributed by atoms with Gasteiger partial charge in [0.05, 0.1) is 0 Å². The zero-order chi connectivity index (χ0) is 8.10. The summed E-state index contributed by atoms with van der Waals surface area (Å²) in [4.78, 5) is 0. The van der Waals surface area contributed by atoms with E-state index in [1.165, 1.54) is 18.5 Å². The largest absolute Gasteiger partial charge is 1.00 e. The predicted octanol–water partition coefficient (Wildman–Crippen LogP) is -1.05. The van der Waals surface area contributed by atoms with Crippen molar-refractivity contribution in [2.45, 2.75) is 33.2 Å². The molecule has 1 aromatic heterocycles. The molecule has 0 saturated heterocycles. The second-order valence-electron chi connectivity index (χ2n) is 2.73. The molecule has 1 nitrogen and oxygen atoms in total. The first-order valence-electron chi connectivity index (χ1n) is 4.35. The van der Waals surface area contributed by atoms with E-state index < -0.39 is 0 Å². The number of halogens is 1. The Bertz CT molecular complexity index is 223. The van der Waals surface area contributed by atoms with Crippen LogP contribution in [0, 0.1) is 0 Å². The quantitative estimate of drug-likeness (QED) is 0.530. The molecule has 0 aliphatic heterocycles. The van der Waals surface area contributed by atoms with Crippen molar-refractivity contribution in [1.82, 2.24) is 0 Å². The molecule has 0 radical (unpaired) electrons. The van der Waals surface area contributed by atoms with Crippen molar-refractivity contribution in [3.8, 4) is 0 Å². The van der Waals surface area contributed by atoms with Gasteiger partial charge in [-0.1, -0.05) is 13.0 Å². The first kappa shape index (κ1) is 11.4. The summed E-state index contributed by atoms with van der Waals surface area (Å²) in [5, 5.41) is 0. The van der Waals surface area contributed by atoms with E-state index in [0.29, 0.717) is 0 Å². The maximum absolute atomic E-state index is 2.30. The number of aryl methyl sites for hydroxylation is 2. The SMILES string of the molecule is CCCc1cccc[n+]1CC.[Cl-]. The van der Waals surface area contributed by atoms with Crippen LogP contribution in [0.1, 0.15) is 26.0 Å². The molecule has 0 saturated carbocycles. The van der Waals surface area contributed by atoms with Gasteiger partial charge in [0.15, 0.2) is 11.9 Å². The summed E-state index contributed by atoms with van der Waals surface area (Å²) in [5.41, 5.74) is 1.44. The van der Waals surface area contributed by atoms with Crippen LogP contribution in [0.2, 0.25) is 0 Å². The molecule has 1 aromatic rings. The average Bonchev–Trinajstić information content (AvgIpc) is 2.06. The van der Waals surface area contributed by atoms with Gasteiger partial charge in [-0.3, -0.25) is 0 Å². The maximum atomic E-state index is 2.30. The fourth-order valence-corrected chi connectivity index (χ4v) is 1.30. The second kappa shape index (κ2) is 6.01. The van der Waals surface area contributed by atoms with Gasteiger partial charge in [0.2, 0.25) is 0 Å². The summed E-state index contributed by atoms with van der Waals surface area (Å²) in [5.74, 6) is 0. The highest BCUT2D eigenvalue weighted by molar-refractivity contribution is 4.96. The molecule has 0 aliphatic rings. The van der Waals surface area contributed by atoms with Crippen LogP contribution in [0.5, 0.6) is 0 Å². The molecule has 0 atom stereocenters. The Hall–Kier alpha value is -0.560. The highest BCUT2D eigenvalue weighted by Crippen LogP contribution is 1.95. The number of rotatable bonds is 3. The highest BCUT2D eigenvalue weighted by atomic mass is 35.5. The van der Waals surface area contributed by atoms with Crippen LogP contribution in [0.25, 0.3) is 0 Å². The van der Waals surface area contributed by atoms with E-state index in [1.807, 2.05) is 0 Å². The van der Waals surface area contributed by atoms with Crippen molar-refractivity contribution in [3.05, 3.63) is 30.1 Å².